The first kappa shape index (κ1) is 57.3. The summed E-state index contributed by atoms with van der Waals surface area (Å²) < 4.78 is 14.0. The second-order valence-electron chi connectivity index (χ2n) is 18.0. The van der Waals surface area contributed by atoms with E-state index in [1.807, 2.05) is 25.3 Å². The number of aryl methyl sites for hydroxylation is 1. The van der Waals surface area contributed by atoms with Crippen molar-refractivity contribution >= 4 is 106 Å². The monoisotopic (exact) mass is 1020 g/mol. The Kier molecular flexibility index (Phi) is 20.9. The van der Waals surface area contributed by atoms with Gasteiger partial charge in [-0.2, -0.15) is 54.0 Å². The van der Waals surface area contributed by atoms with Gasteiger partial charge in [0.05, 0.1) is 36.2 Å². The number of ether oxygens (including phenoxy) is 2. The number of pyridine rings is 1. The number of methoxy groups -OCH3 is 1. The SMILES string of the molecule is C=CC(=O)N1CC[C@H](C(=O)N(C)[C@H](C(=O)N[C@H]2Cc3csc(n3)-c3ccc4c(c3)c(c(-c3cccnc3COC)n4CC)CC(C)(C)COC(=O)[C@@H]3CCCN(N3)C2=O)C(C)C)C1.S.S.S.S. The van der Waals surface area contributed by atoms with Gasteiger partial charge in [0.25, 0.3) is 5.91 Å². The summed E-state index contributed by atoms with van der Waals surface area (Å²) >= 11 is 1.46. The van der Waals surface area contributed by atoms with E-state index in [0.717, 1.165) is 44.0 Å². The van der Waals surface area contributed by atoms with Gasteiger partial charge in [-0.3, -0.25) is 34.0 Å². The Morgan fingerprint density at radius 1 is 1.12 bits per heavy atom. The van der Waals surface area contributed by atoms with Crippen molar-refractivity contribution < 1.29 is 33.4 Å². The van der Waals surface area contributed by atoms with Gasteiger partial charge in [0.2, 0.25) is 17.7 Å². The van der Waals surface area contributed by atoms with Crippen molar-refractivity contribution in [3.8, 4) is 21.8 Å². The van der Waals surface area contributed by atoms with Crippen LogP contribution in [0.25, 0.3) is 32.7 Å². The normalized spacial score (nSPS) is 19.7. The van der Waals surface area contributed by atoms with E-state index in [4.69, 9.17) is 19.4 Å². The van der Waals surface area contributed by atoms with Gasteiger partial charge in [-0.05, 0) is 80.5 Å². The summed E-state index contributed by atoms with van der Waals surface area (Å²) in [7, 11) is 3.26. The number of likely N-dealkylation sites (tertiary alicyclic amines) is 1. The first-order valence-electron chi connectivity index (χ1n) is 21.9. The number of hydrogen-bond acceptors (Lipinski definition) is 11. The number of amides is 4. The molecule has 0 radical (unpaired) electrons. The zero-order chi connectivity index (χ0) is 45.2. The van der Waals surface area contributed by atoms with Crippen LogP contribution in [0.5, 0.6) is 0 Å². The number of cyclic esters (lactones) is 1. The fourth-order valence-corrected chi connectivity index (χ4v) is 10.1. The number of aromatic nitrogens is 3. The number of benzene rings is 1. The van der Waals surface area contributed by atoms with Crippen LogP contribution in [-0.4, -0.2) is 117 Å². The first-order chi connectivity index (χ1) is 30.1. The number of thiazole rings is 1. The molecule has 0 spiro atoms. The lowest BCUT2D eigenvalue weighted by atomic mass is 9.84. The third-order valence-corrected chi connectivity index (χ3v) is 13.4. The molecule has 6 bridgehead atoms. The summed E-state index contributed by atoms with van der Waals surface area (Å²) in [6.07, 6.45) is 5.15. The highest BCUT2D eigenvalue weighted by atomic mass is 32.1. The number of fused-ring (bicyclic) bond motifs is 6. The van der Waals surface area contributed by atoms with Crippen LogP contribution in [0, 0.1) is 17.3 Å². The Balaban J connectivity index is 0.00000298. The molecule has 0 saturated carbocycles. The summed E-state index contributed by atoms with van der Waals surface area (Å²) in [4.78, 5) is 81.7. The van der Waals surface area contributed by atoms with Gasteiger partial charge < -0.3 is 29.2 Å². The molecule has 1 aromatic carbocycles. The minimum atomic E-state index is -1.08. The molecule has 4 atom stereocenters. The van der Waals surface area contributed by atoms with Gasteiger partial charge in [-0.15, -0.1) is 11.3 Å². The molecule has 6 heterocycles. The third-order valence-electron chi connectivity index (χ3n) is 12.4. The summed E-state index contributed by atoms with van der Waals surface area (Å²) in [5.41, 5.74) is 9.14. The number of nitrogens with one attached hydrogen (secondary N) is 2. The molecule has 4 aromatic rings. The van der Waals surface area contributed by atoms with Gasteiger partial charge in [0.1, 0.15) is 23.1 Å². The summed E-state index contributed by atoms with van der Waals surface area (Å²) in [5, 5.41) is 8.15. The van der Waals surface area contributed by atoms with Crippen LogP contribution in [0.2, 0.25) is 0 Å². The lowest BCUT2D eigenvalue weighted by Crippen LogP contribution is -2.62. The van der Waals surface area contributed by atoms with Gasteiger partial charge >= 0.3 is 5.97 Å². The maximum atomic E-state index is 14.6. The number of carbonyl (C=O) groups is 5. The number of likely N-dealkylation sites (N-methyl/N-ethyl adjacent to an activating group) is 1. The Bertz CT molecular complexity index is 2410. The molecule has 3 aliphatic rings. The zero-order valence-electron chi connectivity index (χ0n) is 39.4. The predicted molar refractivity (Wildman–Crippen MR) is 282 cm³/mol. The molecule has 0 unspecified atom stereocenters. The molecule has 3 aliphatic heterocycles. The minimum absolute atomic E-state index is 0. The number of hydrazine groups is 1. The molecular formula is C47H68N8O7S5. The largest absolute Gasteiger partial charge is 0.464 e. The van der Waals surface area contributed by atoms with E-state index < -0.39 is 47.2 Å². The number of esters is 1. The molecular weight excluding hydrogens is 949 g/mol. The lowest BCUT2D eigenvalue weighted by Gasteiger charge is -2.37. The second-order valence-corrected chi connectivity index (χ2v) is 18.9. The van der Waals surface area contributed by atoms with Crippen molar-refractivity contribution in [1.29, 1.82) is 0 Å². The van der Waals surface area contributed by atoms with Gasteiger partial charge in [-0.25, -0.2) is 10.4 Å². The first-order valence-corrected chi connectivity index (χ1v) is 22.8. The van der Waals surface area contributed by atoms with E-state index in [-0.39, 0.29) is 91.3 Å². The highest BCUT2D eigenvalue weighted by Gasteiger charge is 2.40. The molecule has 7 rings (SSSR count). The Labute approximate surface area is 425 Å². The highest BCUT2D eigenvalue weighted by Crippen LogP contribution is 2.41. The van der Waals surface area contributed by atoms with E-state index in [9.17, 15) is 24.0 Å². The van der Waals surface area contributed by atoms with Crippen LogP contribution in [0.1, 0.15) is 70.8 Å². The molecule has 2 N–H and O–H groups in total. The van der Waals surface area contributed by atoms with E-state index in [1.165, 1.54) is 27.3 Å². The van der Waals surface area contributed by atoms with Gasteiger partial charge in [0.15, 0.2) is 0 Å². The average Bonchev–Trinajstić information content (AvgIpc) is 4.03. The van der Waals surface area contributed by atoms with E-state index in [2.05, 4.69) is 66.9 Å². The summed E-state index contributed by atoms with van der Waals surface area (Å²) in [6, 6.07) is 7.60. The van der Waals surface area contributed by atoms with Crippen LogP contribution in [0.3, 0.4) is 0 Å². The molecule has 67 heavy (non-hydrogen) atoms. The quantitative estimate of drug-likeness (QED) is 0.151. The Morgan fingerprint density at radius 2 is 1.87 bits per heavy atom. The summed E-state index contributed by atoms with van der Waals surface area (Å²) in [5.74, 6) is -2.63. The Hall–Kier alpha value is -4.05. The molecule has 20 heteroatoms. The highest BCUT2D eigenvalue weighted by molar-refractivity contribution is 7.59. The molecule has 2 fully saturated rings. The van der Waals surface area contributed by atoms with E-state index in [0.29, 0.717) is 57.6 Å². The van der Waals surface area contributed by atoms with Gasteiger partial charge in [0, 0.05) is 85.8 Å². The average molecular weight is 1020 g/mol. The predicted octanol–water partition coefficient (Wildman–Crippen LogP) is 5.61. The van der Waals surface area contributed by atoms with Crippen molar-refractivity contribution in [3.63, 3.8) is 0 Å². The minimum Gasteiger partial charge on any atom is -0.464 e. The smallest absolute Gasteiger partial charge is 0.324 e. The molecule has 368 valence electrons. The van der Waals surface area contributed by atoms with E-state index in [1.54, 1.807) is 25.3 Å². The number of hydrogen-bond donors (Lipinski definition) is 2. The van der Waals surface area contributed by atoms with Crippen LogP contribution in [-0.2, 0) is 59.4 Å². The molecule has 0 aliphatic carbocycles. The summed E-state index contributed by atoms with van der Waals surface area (Å²) in [6.45, 7) is 15.7. The van der Waals surface area contributed by atoms with Crippen molar-refractivity contribution in [1.82, 2.24) is 40.1 Å². The standard InChI is InChI=1S/C47H60N8O7S.4H2S/c1-9-39(56)53-20-17-30(24-53)44(58)52(7)40(28(3)4)42(57)50-36-22-31-26-63-43(49-31)29-15-16-38-33(21-29)34(41(54(38)10-2)32-13-11-18-48-37(32)25-61-8)23-47(5,6)27-62-46(60)35-14-12-19-55(51-35)45(36)59;;;;/h9,11,13,15-16,18,21,26,28,30,35-36,40,51H,1,10,12,14,17,19-20,22-25,27H2,2-8H3,(H,50,57);4*1H2/t30-,35-,36-,40-;;;;/m0..../s1. The Morgan fingerprint density at radius 3 is 2.55 bits per heavy atom. The molecule has 15 nitrogen and oxygen atoms in total. The van der Waals surface area contributed by atoms with Crippen LogP contribution in [0.15, 0.2) is 54.6 Å². The zero-order valence-corrected chi connectivity index (χ0v) is 44.3. The molecule has 4 amide bonds. The lowest BCUT2D eigenvalue weighted by molar-refractivity contribution is -0.155. The van der Waals surface area contributed by atoms with Crippen molar-refractivity contribution in [3.05, 3.63) is 71.5 Å². The van der Waals surface area contributed by atoms with Crippen molar-refractivity contribution in [2.75, 3.05) is 40.4 Å². The topological polar surface area (TPSA) is 168 Å². The molecule has 2 saturated heterocycles. The van der Waals surface area contributed by atoms with Crippen LogP contribution < -0.4 is 10.7 Å². The van der Waals surface area contributed by atoms with Crippen molar-refractivity contribution in [2.45, 2.75) is 98.0 Å². The third kappa shape index (κ3) is 12.4. The number of carbonyl (C=O) groups excluding carboxylic acids is 5. The van der Waals surface area contributed by atoms with Crippen LogP contribution in [0.4, 0.5) is 0 Å². The van der Waals surface area contributed by atoms with E-state index >= 15 is 0 Å². The fraction of sp³-hybridized carbons (Fsp3) is 0.511. The fourth-order valence-electron chi connectivity index (χ4n) is 9.32. The number of nitrogens with zero attached hydrogens (tertiary/aromatic N) is 6. The van der Waals surface area contributed by atoms with Crippen molar-refractivity contribution in [2.24, 2.45) is 17.3 Å². The van der Waals surface area contributed by atoms with Crippen LogP contribution >= 0.6 is 65.3 Å². The maximum Gasteiger partial charge on any atom is 0.324 e. The maximum absolute atomic E-state index is 14.6. The molecule has 3 aromatic heterocycles. The number of rotatable bonds is 10. The second kappa shape index (κ2) is 24.5. The van der Waals surface area contributed by atoms with Gasteiger partial charge in [-0.1, -0.05) is 34.3 Å².